The molecule has 0 unspecified atom stereocenters. The van der Waals surface area contributed by atoms with E-state index >= 15 is 0 Å². The first kappa shape index (κ1) is 51.5. The number of carbonyl (C=O) groups excluding carboxylic acids is 4. The highest BCUT2D eigenvalue weighted by molar-refractivity contribution is 7.86. The van der Waals surface area contributed by atoms with E-state index in [9.17, 15) is 27.6 Å². The van der Waals surface area contributed by atoms with E-state index in [1.807, 2.05) is 46.9 Å². The van der Waals surface area contributed by atoms with Gasteiger partial charge in [0.05, 0.1) is 54.1 Å². The lowest BCUT2D eigenvalue weighted by molar-refractivity contribution is -0.907. The Kier molecular flexibility index (Phi) is 29.1. The fourth-order valence-corrected chi connectivity index (χ4v) is 2.39. The first-order valence-corrected chi connectivity index (χ1v) is 18.5. The quantitative estimate of drug-likeness (QED) is 0.0420. The van der Waals surface area contributed by atoms with Crippen molar-refractivity contribution in [1.82, 2.24) is 4.90 Å². The smallest absolute Gasteiger partial charge is 0.312 e. The number of hydrogen-bond donors (Lipinski definition) is 0. The summed E-state index contributed by atoms with van der Waals surface area (Å²) in [4.78, 5) is 46.3. The Labute approximate surface area is 282 Å². The number of nitrogens with zero attached hydrogens (tertiary/aromatic N) is 2. The summed E-state index contributed by atoms with van der Waals surface area (Å²) >= 11 is 0. The standard InChI is InChI=1S/C13H26NO4.C8H17NO2.C7H14O5S.CH4O3S/c1-10(2)12(15)17-8-7-14(5,6)9-18-13(16)11(3)4;1-7(2)8(10)11-6-5-9(3)4;1-6(2)7(8)11-4-5-12-13(3,9)10;1-5(2,3)4/h10-11H,7-9H2,1-6H3;7H,5-6H2,1-4H3;6H,4-5H2,1-3H3;1H3,(H,2,3,4)/q+1;;;/p-1. The van der Waals surface area contributed by atoms with Crippen molar-refractivity contribution in [3.8, 4) is 0 Å². The number of rotatable bonds is 16. The van der Waals surface area contributed by atoms with Gasteiger partial charge in [0.2, 0.25) is 6.73 Å². The van der Waals surface area contributed by atoms with Crippen LogP contribution in [-0.4, -0.2) is 142 Å². The molecule has 0 aromatic carbocycles. The molecule has 0 atom stereocenters. The second-order valence-corrected chi connectivity index (χ2v) is 15.5. The lowest BCUT2D eigenvalue weighted by Gasteiger charge is -2.28. The average Bonchev–Trinajstić information content (AvgIpc) is 2.88. The largest absolute Gasteiger partial charge is 0.748 e. The van der Waals surface area contributed by atoms with Crippen LogP contribution in [0.4, 0.5) is 0 Å². The van der Waals surface area contributed by atoms with Gasteiger partial charge in [0.15, 0.2) is 0 Å². The molecule has 0 aromatic heterocycles. The molecule has 282 valence electrons. The first-order valence-electron chi connectivity index (χ1n) is 14.9. The number of hydrogen-bond acceptors (Lipinski definition) is 15. The van der Waals surface area contributed by atoms with E-state index in [1.54, 1.807) is 41.5 Å². The molecule has 0 fully saturated rings. The third-order valence-corrected chi connectivity index (χ3v) is 5.39. The predicted molar refractivity (Wildman–Crippen MR) is 175 cm³/mol. The van der Waals surface area contributed by atoms with Crippen LogP contribution in [0, 0.1) is 23.7 Å². The van der Waals surface area contributed by atoms with E-state index in [4.69, 9.17) is 27.2 Å². The zero-order valence-corrected chi connectivity index (χ0v) is 32.3. The fourth-order valence-electron chi connectivity index (χ4n) is 2.02. The summed E-state index contributed by atoms with van der Waals surface area (Å²) in [7, 11) is 0.400. The van der Waals surface area contributed by atoms with Gasteiger partial charge in [-0.25, -0.2) is 8.42 Å². The molecule has 0 aliphatic heterocycles. The molecule has 0 saturated heterocycles. The SMILES string of the molecule is CC(C)C(=O)OCCN(C)C.CC(C)C(=O)OCCOS(C)(=O)=O.CC(C)C(=O)OCC[N+](C)(C)COC(=O)C(C)C.CS(=O)(=O)[O-]. The van der Waals surface area contributed by atoms with Crippen LogP contribution >= 0.6 is 0 Å². The molecule has 0 aliphatic rings. The molecule has 0 N–H and O–H groups in total. The maximum Gasteiger partial charge on any atom is 0.312 e. The second-order valence-electron chi connectivity index (χ2n) is 12.4. The number of likely N-dealkylation sites (N-methyl/N-ethyl adjacent to an activating group) is 2. The molecule has 0 heterocycles. The van der Waals surface area contributed by atoms with E-state index in [0.29, 0.717) is 30.5 Å². The van der Waals surface area contributed by atoms with Crippen LogP contribution in [0.3, 0.4) is 0 Å². The molecular weight excluding hydrogens is 664 g/mol. The molecule has 0 bridgehead atoms. The second kappa shape index (κ2) is 26.6. The van der Waals surface area contributed by atoms with Crippen LogP contribution in [0.15, 0.2) is 0 Å². The Hall–Kier alpha value is -2.38. The Morgan fingerprint density at radius 2 is 0.936 bits per heavy atom. The van der Waals surface area contributed by atoms with Crippen molar-refractivity contribution in [3.05, 3.63) is 0 Å². The summed E-state index contributed by atoms with van der Waals surface area (Å²) in [5, 5.41) is 0. The number of ether oxygens (including phenoxy) is 4. The third kappa shape index (κ3) is 45.8. The minimum absolute atomic E-state index is 0.0165. The van der Waals surface area contributed by atoms with E-state index in [2.05, 4.69) is 8.92 Å². The molecule has 0 saturated carbocycles. The van der Waals surface area contributed by atoms with Gasteiger partial charge in [-0.15, -0.1) is 0 Å². The fraction of sp³-hybridized carbons (Fsp3) is 0.862. The van der Waals surface area contributed by atoms with Gasteiger partial charge in [-0.1, -0.05) is 55.4 Å². The van der Waals surface area contributed by atoms with E-state index in [0.717, 1.165) is 12.8 Å². The van der Waals surface area contributed by atoms with Gasteiger partial charge >= 0.3 is 23.9 Å². The van der Waals surface area contributed by atoms with Gasteiger partial charge < -0.3 is 28.4 Å². The zero-order chi connectivity index (χ0) is 38.2. The Balaban J connectivity index is -0.000000282. The molecule has 0 radical (unpaired) electrons. The lowest BCUT2D eigenvalue weighted by atomic mass is 10.2. The summed E-state index contributed by atoms with van der Waals surface area (Å²) in [5.74, 6) is -1.35. The van der Waals surface area contributed by atoms with Gasteiger partial charge in [0, 0.05) is 12.8 Å². The molecule has 47 heavy (non-hydrogen) atoms. The van der Waals surface area contributed by atoms with Crippen LogP contribution in [0.25, 0.3) is 0 Å². The van der Waals surface area contributed by atoms with Crippen molar-refractivity contribution in [2.24, 2.45) is 23.7 Å². The lowest BCUT2D eigenvalue weighted by Crippen LogP contribution is -2.45. The van der Waals surface area contributed by atoms with Crippen LogP contribution in [0.1, 0.15) is 55.4 Å². The third-order valence-electron chi connectivity index (χ3n) is 4.79. The predicted octanol–water partition coefficient (Wildman–Crippen LogP) is 1.49. The van der Waals surface area contributed by atoms with Crippen LogP contribution in [-0.2, 0) is 62.5 Å². The van der Waals surface area contributed by atoms with Gasteiger partial charge in [-0.3, -0.25) is 27.8 Å². The van der Waals surface area contributed by atoms with Crippen molar-refractivity contribution in [1.29, 1.82) is 0 Å². The molecule has 18 heteroatoms. The van der Waals surface area contributed by atoms with Crippen molar-refractivity contribution in [3.63, 3.8) is 0 Å². The first-order chi connectivity index (χ1) is 21.0. The van der Waals surface area contributed by atoms with Crippen molar-refractivity contribution < 1.29 is 68.2 Å². The summed E-state index contributed by atoms with van der Waals surface area (Å²) in [6.45, 7) is 16.6. The zero-order valence-electron chi connectivity index (χ0n) is 30.7. The monoisotopic (exact) mass is 724 g/mol. The van der Waals surface area contributed by atoms with Crippen LogP contribution < -0.4 is 0 Å². The molecular formula is C29H60N2O14S2. The summed E-state index contributed by atoms with van der Waals surface area (Å²) in [6, 6.07) is 0. The number of esters is 4. The molecule has 16 nitrogen and oxygen atoms in total. The molecule has 0 rings (SSSR count). The van der Waals surface area contributed by atoms with Crippen molar-refractivity contribution in [2.75, 3.05) is 87.0 Å². The molecule has 0 aromatic rings. The topological polar surface area (TPSA) is 209 Å². The summed E-state index contributed by atoms with van der Waals surface area (Å²) in [6.07, 6.45) is 1.55. The van der Waals surface area contributed by atoms with Crippen LogP contribution in [0.2, 0.25) is 0 Å². The average molecular weight is 725 g/mol. The minimum atomic E-state index is -3.92. The Morgan fingerprint density at radius 1 is 0.617 bits per heavy atom. The summed E-state index contributed by atoms with van der Waals surface area (Å²) < 4.78 is 72.8. The highest BCUT2D eigenvalue weighted by Gasteiger charge is 2.20. The maximum absolute atomic E-state index is 11.3. The van der Waals surface area contributed by atoms with E-state index in [-0.39, 0.29) is 67.5 Å². The Morgan fingerprint density at radius 3 is 1.26 bits per heavy atom. The minimum Gasteiger partial charge on any atom is -0.748 e. The van der Waals surface area contributed by atoms with Crippen molar-refractivity contribution >= 4 is 44.1 Å². The maximum atomic E-state index is 11.3. The van der Waals surface area contributed by atoms with Gasteiger partial charge in [-0.05, 0) is 14.1 Å². The molecule has 0 amide bonds. The number of quaternary nitrogens is 1. The normalized spacial score (nSPS) is 11.5. The van der Waals surface area contributed by atoms with Gasteiger partial charge in [0.1, 0.15) is 33.0 Å². The Bertz CT molecular complexity index is 1090. The van der Waals surface area contributed by atoms with Crippen molar-refractivity contribution in [2.45, 2.75) is 55.4 Å². The van der Waals surface area contributed by atoms with Crippen LogP contribution in [0.5, 0.6) is 0 Å². The van der Waals surface area contributed by atoms with E-state index < -0.39 is 20.2 Å². The van der Waals surface area contributed by atoms with E-state index in [1.165, 1.54) is 0 Å². The molecule has 0 spiro atoms. The molecule has 0 aliphatic carbocycles. The van der Waals surface area contributed by atoms with Gasteiger partial charge in [0.25, 0.3) is 10.1 Å². The highest BCUT2D eigenvalue weighted by Crippen LogP contribution is 2.03. The summed E-state index contributed by atoms with van der Waals surface area (Å²) in [5.41, 5.74) is 0. The van der Waals surface area contributed by atoms with Gasteiger partial charge in [-0.2, -0.15) is 8.42 Å². The number of carbonyl (C=O) groups is 4. The highest BCUT2D eigenvalue weighted by atomic mass is 32.2.